The third kappa shape index (κ3) is 3.88. The average Bonchev–Trinajstić information content (AvgIpc) is 2.44. The number of hydrogen-bond donors (Lipinski definition) is 1. The van der Waals surface area contributed by atoms with E-state index in [1.54, 1.807) is 13.8 Å². The van der Waals surface area contributed by atoms with Crippen molar-refractivity contribution in [2.24, 2.45) is 5.92 Å². The summed E-state index contributed by atoms with van der Waals surface area (Å²) < 4.78 is 4.85. The molecule has 6 heteroatoms. The molecule has 0 radical (unpaired) electrons. The van der Waals surface area contributed by atoms with Crippen LogP contribution in [-0.2, 0) is 9.53 Å². The van der Waals surface area contributed by atoms with Gasteiger partial charge in [-0.2, -0.15) is 0 Å². The van der Waals surface area contributed by atoms with Gasteiger partial charge in [-0.1, -0.05) is 6.92 Å². The maximum atomic E-state index is 12.1. The van der Waals surface area contributed by atoms with Crippen LogP contribution in [0.5, 0.6) is 0 Å². The Hall–Kier alpha value is -2.24. The van der Waals surface area contributed by atoms with E-state index in [4.69, 9.17) is 9.84 Å². The van der Waals surface area contributed by atoms with Gasteiger partial charge in [-0.3, -0.25) is 14.6 Å². The Bertz CT molecular complexity index is 512. The zero-order valence-electron chi connectivity index (χ0n) is 11.5. The van der Waals surface area contributed by atoms with E-state index in [9.17, 15) is 14.4 Å². The van der Waals surface area contributed by atoms with E-state index in [0.717, 1.165) is 0 Å². The smallest absolute Gasteiger partial charge is 0.340 e. The van der Waals surface area contributed by atoms with Crippen molar-refractivity contribution < 1.29 is 24.2 Å². The standard InChI is InChI=1S/C14H17NO5/c1-3-9(13(17)18)8-11(16)12-10(6-5-7-15-12)14(19)20-4-2/h5-7,9H,3-4,8H2,1-2H3,(H,17,18). The molecular weight excluding hydrogens is 262 g/mol. The summed E-state index contributed by atoms with van der Waals surface area (Å²) in [5.74, 6) is -2.91. The molecule has 1 unspecified atom stereocenters. The first kappa shape index (κ1) is 15.8. The minimum Gasteiger partial charge on any atom is -0.481 e. The summed E-state index contributed by atoms with van der Waals surface area (Å²) in [6.45, 7) is 3.54. The molecule has 1 atom stereocenters. The van der Waals surface area contributed by atoms with E-state index < -0.39 is 23.6 Å². The maximum absolute atomic E-state index is 12.1. The predicted octanol–water partition coefficient (Wildman–Crippen LogP) is 1.94. The first-order valence-corrected chi connectivity index (χ1v) is 6.39. The fourth-order valence-electron chi connectivity index (χ4n) is 1.73. The molecule has 20 heavy (non-hydrogen) atoms. The van der Waals surface area contributed by atoms with Crippen molar-refractivity contribution in [1.82, 2.24) is 4.98 Å². The van der Waals surface area contributed by atoms with Crippen molar-refractivity contribution in [2.75, 3.05) is 6.61 Å². The van der Waals surface area contributed by atoms with E-state index >= 15 is 0 Å². The van der Waals surface area contributed by atoms with Gasteiger partial charge in [0.2, 0.25) is 0 Å². The Morgan fingerprint density at radius 1 is 1.35 bits per heavy atom. The molecule has 6 nitrogen and oxygen atoms in total. The van der Waals surface area contributed by atoms with Gasteiger partial charge in [0.1, 0.15) is 5.69 Å². The van der Waals surface area contributed by atoms with Crippen molar-refractivity contribution in [3.63, 3.8) is 0 Å². The fourth-order valence-corrected chi connectivity index (χ4v) is 1.73. The number of ketones is 1. The molecule has 1 rings (SSSR count). The summed E-state index contributed by atoms with van der Waals surface area (Å²) in [6.07, 6.45) is 1.54. The number of rotatable bonds is 7. The zero-order chi connectivity index (χ0) is 15.1. The minimum absolute atomic E-state index is 0.0364. The van der Waals surface area contributed by atoms with Gasteiger partial charge in [-0.25, -0.2) is 4.79 Å². The van der Waals surface area contributed by atoms with E-state index in [1.165, 1.54) is 18.3 Å². The summed E-state index contributed by atoms with van der Waals surface area (Å²) >= 11 is 0. The highest BCUT2D eigenvalue weighted by atomic mass is 16.5. The van der Waals surface area contributed by atoms with E-state index in [1.807, 2.05) is 0 Å². The second-order valence-electron chi connectivity index (χ2n) is 4.19. The van der Waals surface area contributed by atoms with Crippen LogP contribution in [0, 0.1) is 5.92 Å². The molecule has 0 aliphatic rings. The van der Waals surface area contributed by atoms with Crippen LogP contribution in [0.1, 0.15) is 47.5 Å². The molecule has 0 spiro atoms. The molecule has 1 aromatic heterocycles. The molecule has 0 aliphatic heterocycles. The van der Waals surface area contributed by atoms with E-state index in [0.29, 0.717) is 6.42 Å². The highest BCUT2D eigenvalue weighted by molar-refractivity contribution is 6.05. The summed E-state index contributed by atoms with van der Waals surface area (Å²) in [5.41, 5.74) is 0.0326. The molecule has 0 fully saturated rings. The first-order chi connectivity index (χ1) is 9.51. The van der Waals surface area contributed by atoms with Crippen molar-refractivity contribution in [2.45, 2.75) is 26.7 Å². The van der Waals surface area contributed by atoms with Gasteiger partial charge in [0.15, 0.2) is 5.78 Å². The van der Waals surface area contributed by atoms with Gasteiger partial charge >= 0.3 is 11.9 Å². The minimum atomic E-state index is -1.03. The molecule has 1 heterocycles. The molecule has 1 aromatic rings. The number of carbonyl (C=O) groups excluding carboxylic acids is 2. The van der Waals surface area contributed by atoms with Crippen molar-refractivity contribution in [3.05, 3.63) is 29.6 Å². The lowest BCUT2D eigenvalue weighted by atomic mass is 9.96. The zero-order valence-corrected chi connectivity index (χ0v) is 11.5. The van der Waals surface area contributed by atoms with Crippen molar-refractivity contribution in [1.29, 1.82) is 0 Å². The number of aromatic nitrogens is 1. The number of esters is 1. The summed E-state index contributed by atoms with van der Waals surface area (Å²) in [7, 11) is 0. The number of pyridine rings is 1. The highest BCUT2D eigenvalue weighted by Crippen LogP contribution is 2.16. The Kier molecular flexibility index (Phi) is 5.83. The van der Waals surface area contributed by atoms with Gasteiger partial charge in [-0.15, -0.1) is 0 Å². The quantitative estimate of drug-likeness (QED) is 0.605. The molecule has 1 N–H and O–H groups in total. The van der Waals surface area contributed by atoms with E-state index in [-0.39, 0.29) is 24.3 Å². The van der Waals surface area contributed by atoms with Gasteiger partial charge in [0.05, 0.1) is 18.1 Å². The number of hydrogen-bond acceptors (Lipinski definition) is 5. The maximum Gasteiger partial charge on any atom is 0.340 e. The second-order valence-corrected chi connectivity index (χ2v) is 4.19. The molecule has 0 amide bonds. The molecule has 0 aromatic carbocycles. The lowest BCUT2D eigenvalue weighted by Crippen LogP contribution is -2.20. The normalized spacial score (nSPS) is 11.7. The number of carbonyl (C=O) groups is 3. The molecule has 0 saturated carbocycles. The molecule has 0 bridgehead atoms. The Morgan fingerprint density at radius 3 is 2.60 bits per heavy atom. The molecule has 108 valence electrons. The monoisotopic (exact) mass is 279 g/mol. The van der Waals surface area contributed by atoms with Gasteiger partial charge in [-0.05, 0) is 25.5 Å². The van der Waals surface area contributed by atoms with Crippen molar-refractivity contribution in [3.8, 4) is 0 Å². The van der Waals surface area contributed by atoms with Gasteiger partial charge in [0, 0.05) is 12.6 Å². The van der Waals surface area contributed by atoms with Crippen LogP contribution in [0.3, 0.4) is 0 Å². The lowest BCUT2D eigenvalue weighted by Gasteiger charge is -2.10. The highest BCUT2D eigenvalue weighted by Gasteiger charge is 2.24. The first-order valence-electron chi connectivity index (χ1n) is 6.39. The lowest BCUT2D eigenvalue weighted by molar-refractivity contribution is -0.141. The number of ether oxygens (including phenoxy) is 1. The molecule has 0 aliphatic carbocycles. The number of carboxylic acid groups (broad SMARTS) is 1. The average molecular weight is 279 g/mol. The fraction of sp³-hybridized carbons (Fsp3) is 0.429. The van der Waals surface area contributed by atoms with Crippen molar-refractivity contribution >= 4 is 17.7 Å². The largest absolute Gasteiger partial charge is 0.481 e. The van der Waals surface area contributed by atoms with Crippen LogP contribution in [0.4, 0.5) is 0 Å². The van der Waals surface area contributed by atoms with Crippen LogP contribution >= 0.6 is 0 Å². The molecular formula is C14H17NO5. The van der Waals surface area contributed by atoms with Gasteiger partial charge in [0.25, 0.3) is 0 Å². The predicted molar refractivity (Wildman–Crippen MR) is 70.6 cm³/mol. The number of Topliss-reactive ketones (excluding diaryl/α,β-unsaturated/α-hetero) is 1. The van der Waals surface area contributed by atoms with E-state index in [2.05, 4.69) is 4.98 Å². The van der Waals surface area contributed by atoms with Crippen LogP contribution in [0.2, 0.25) is 0 Å². The Morgan fingerprint density at radius 2 is 2.05 bits per heavy atom. The van der Waals surface area contributed by atoms with Crippen LogP contribution in [0.25, 0.3) is 0 Å². The summed E-state index contributed by atoms with van der Waals surface area (Å²) in [4.78, 5) is 38.7. The Balaban J connectivity index is 2.98. The summed E-state index contributed by atoms with van der Waals surface area (Å²) in [5, 5.41) is 8.97. The summed E-state index contributed by atoms with van der Waals surface area (Å²) in [6, 6.07) is 2.97. The van der Waals surface area contributed by atoms with Gasteiger partial charge < -0.3 is 9.84 Å². The Labute approximate surface area is 116 Å². The number of nitrogens with zero attached hydrogens (tertiary/aromatic N) is 1. The van der Waals surface area contributed by atoms with Crippen LogP contribution < -0.4 is 0 Å². The van der Waals surface area contributed by atoms with Crippen LogP contribution in [-0.4, -0.2) is 34.4 Å². The van der Waals surface area contributed by atoms with Crippen LogP contribution in [0.15, 0.2) is 18.3 Å². The number of carboxylic acids is 1. The SMILES string of the molecule is CCOC(=O)c1cccnc1C(=O)CC(CC)C(=O)O. The molecule has 0 saturated heterocycles. The second kappa shape index (κ2) is 7.37. The third-order valence-corrected chi connectivity index (χ3v) is 2.84. The topological polar surface area (TPSA) is 93.6 Å². The number of aliphatic carboxylic acids is 1. The third-order valence-electron chi connectivity index (χ3n) is 2.84.